The summed E-state index contributed by atoms with van der Waals surface area (Å²) in [5, 5.41) is 13.2. The monoisotopic (exact) mass is 314 g/mol. The van der Waals surface area contributed by atoms with Crippen LogP contribution in [0.4, 0.5) is 0 Å². The highest BCUT2D eigenvalue weighted by Crippen LogP contribution is 2.13. The Hall–Kier alpha value is -3.23. The predicted octanol–water partition coefficient (Wildman–Crippen LogP) is 0.695. The second-order valence-electron chi connectivity index (χ2n) is 4.95. The summed E-state index contributed by atoms with van der Waals surface area (Å²) in [6, 6.07) is 3.03. The first-order valence-electron chi connectivity index (χ1n) is 6.86. The fourth-order valence-corrected chi connectivity index (χ4v) is 2.16. The molecule has 0 bridgehead atoms. The Morgan fingerprint density at radius 1 is 1.39 bits per heavy atom. The molecule has 3 aromatic rings. The van der Waals surface area contributed by atoms with Crippen LogP contribution < -0.4 is 10.9 Å². The molecule has 1 amide bonds. The van der Waals surface area contributed by atoms with Crippen LogP contribution in [0.15, 0.2) is 27.6 Å². The molecule has 0 unspecified atom stereocenters. The maximum Gasteiger partial charge on any atom is 0.255 e. The Morgan fingerprint density at radius 2 is 2.22 bits per heavy atom. The number of carbonyl (C=O) groups is 1. The third-order valence-corrected chi connectivity index (χ3v) is 3.26. The summed E-state index contributed by atoms with van der Waals surface area (Å²) in [5.74, 6) is 0.258. The van der Waals surface area contributed by atoms with Gasteiger partial charge in [0, 0.05) is 23.5 Å². The van der Waals surface area contributed by atoms with E-state index in [4.69, 9.17) is 4.52 Å². The van der Waals surface area contributed by atoms with E-state index in [1.807, 2.05) is 0 Å². The van der Waals surface area contributed by atoms with E-state index >= 15 is 0 Å². The number of aromatic amines is 2. The molecule has 0 atom stereocenters. The van der Waals surface area contributed by atoms with Gasteiger partial charge in [0.2, 0.25) is 17.3 Å². The molecule has 0 aliphatic heterocycles. The summed E-state index contributed by atoms with van der Waals surface area (Å²) >= 11 is 0. The van der Waals surface area contributed by atoms with E-state index in [-0.39, 0.29) is 29.7 Å². The number of H-pyrrole nitrogens is 2. The largest absolute Gasteiger partial charge is 0.343 e. The Morgan fingerprint density at radius 3 is 2.91 bits per heavy atom. The molecule has 3 aromatic heterocycles. The van der Waals surface area contributed by atoms with Gasteiger partial charge in [0.15, 0.2) is 0 Å². The Bertz CT molecular complexity index is 888. The molecular weight excluding hydrogens is 300 g/mol. The number of nitrogens with one attached hydrogen (secondary N) is 3. The normalized spacial score (nSPS) is 10.7. The molecule has 0 spiro atoms. The SMILES string of the molecule is Cc1n[nH]c(C)c1C(=O)NCc1nc(-c2cc[nH]c(=O)c2)no1. The van der Waals surface area contributed by atoms with Crippen molar-refractivity contribution < 1.29 is 9.32 Å². The van der Waals surface area contributed by atoms with Crippen molar-refractivity contribution in [3.63, 3.8) is 0 Å². The highest BCUT2D eigenvalue weighted by Gasteiger charge is 2.16. The van der Waals surface area contributed by atoms with Gasteiger partial charge < -0.3 is 14.8 Å². The minimum atomic E-state index is -0.273. The van der Waals surface area contributed by atoms with E-state index in [1.54, 1.807) is 19.9 Å². The number of hydrogen-bond donors (Lipinski definition) is 3. The van der Waals surface area contributed by atoms with E-state index in [1.165, 1.54) is 12.3 Å². The van der Waals surface area contributed by atoms with Crippen LogP contribution in [0.1, 0.15) is 27.6 Å². The third-order valence-electron chi connectivity index (χ3n) is 3.26. The minimum absolute atomic E-state index is 0.0824. The van der Waals surface area contributed by atoms with E-state index in [0.29, 0.717) is 22.5 Å². The van der Waals surface area contributed by atoms with Crippen LogP contribution in [-0.2, 0) is 6.54 Å². The van der Waals surface area contributed by atoms with Crippen molar-refractivity contribution in [1.29, 1.82) is 0 Å². The first kappa shape index (κ1) is 14.7. The lowest BCUT2D eigenvalue weighted by molar-refractivity contribution is 0.0945. The number of rotatable bonds is 4. The Kier molecular flexibility index (Phi) is 3.75. The zero-order valence-corrected chi connectivity index (χ0v) is 12.5. The zero-order valence-electron chi connectivity index (χ0n) is 12.5. The lowest BCUT2D eigenvalue weighted by Crippen LogP contribution is -2.24. The first-order chi connectivity index (χ1) is 11.0. The summed E-state index contributed by atoms with van der Waals surface area (Å²) in [6.45, 7) is 3.60. The van der Waals surface area contributed by atoms with Gasteiger partial charge >= 0.3 is 0 Å². The van der Waals surface area contributed by atoms with Crippen LogP contribution in [0.5, 0.6) is 0 Å². The van der Waals surface area contributed by atoms with Crippen molar-refractivity contribution >= 4 is 5.91 Å². The zero-order chi connectivity index (χ0) is 16.4. The van der Waals surface area contributed by atoms with Crippen LogP contribution in [0.2, 0.25) is 0 Å². The molecule has 0 saturated carbocycles. The van der Waals surface area contributed by atoms with Crippen LogP contribution in [0.25, 0.3) is 11.4 Å². The highest BCUT2D eigenvalue weighted by molar-refractivity contribution is 5.96. The number of pyridine rings is 1. The second-order valence-corrected chi connectivity index (χ2v) is 4.95. The first-order valence-corrected chi connectivity index (χ1v) is 6.86. The Balaban J connectivity index is 1.70. The summed E-state index contributed by atoms with van der Waals surface area (Å²) in [4.78, 5) is 30.1. The van der Waals surface area contributed by atoms with Gasteiger partial charge in [-0.2, -0.15) is 10.1 Å². The molecule has 23 heavy (non-hydrogen) atoms. The molecule has 3 heterocycles. The van der Waals surface area contributed by atoms with Crippen LogP contribution >= 0.6 is 0 Å². The molecule has 0 aliphatic rings. The second kappa shape index (κ2) is 5.87. The molecule has 0 saturated heterocycles. The molecule has 0 radical (unpaired) electrons. The van der Waals surface area contributed by atoms with Gasteiger partial charge in [0.1, 0.15) is 0 Å². The summed E-state index contributed by atoms with van der Waals surface area (Å²) in [6.07, 6.45) is 1.50. The highest BCUT2D eigenvalue weighted by atomic mass is 16.5. The fraction of sp³-hybridized carbons (Fsp3) is 0.214. The summed E-state index contributed by atoms with van der Waals surface area (Å²) in [5.41, 5.74) is 2.09. The molecule has 9 heteroatoms. The topological polar surface area (TPSA) is 130 Å². The number of aromatic nitrogens is 5. The van der Waals surface area contributed by atoms with Gasteiger partial charge in [-0.15, -0.1) is 0 Å². The van der Waals surface area contributed by atoms with Gasteiger partial charge in [-0.1, -0.05) is 5.16 Å². The maximum atomic E-state index is 12.1. The Labute approximate surface area is 130 Å². The summed E-state index contributed by atoms with van der Waals surface area (Å²) < 4.78 is 5.08. The molecule has 118 valence electrons. The van der Waals surface area contributed by atoms with E-state index < -0.39 is 0 Å². The van der Waals surface area contributed by atoms with E-state index in [0.717, 1.165) is 0 Å². The van der Waals surface area contributed by atoms with Gasteiger partial charge in [-0.3, -0.25) is 14.7 Å². The van der Waals surface area contributed by atoms with Gasteiger partial charge in [0.05, 0.1) is 17.8 Å². The molecule has 3 rings (SSSR count). The van der Waals surface area contributed by atoms with E-state index in [9.17, 15) is 9.59 Å². The minimum Gasteiger partial charge on any atom is -0.343 e. The average molecular weight is 314 g/mol. The lowest BCUT2D eigenvalue weighted by Gasteiger charge is -2.01. The van der Waals surface area contributed by atoms with Crippen molar-refractivity contribution in [2.45, 2.75) is 20.4 Å². The smallest absolute Gasteiger partial charge is 0.255 e. The third kappa shape index (κ3) is 3.03. The van der Waals surface area contributed by atoms with Crippen molar-refractivity contribution in [1.82, 2.24) is 30.6 Å². The number of nitrogens with zero attached hydrogens (tertiary/aromatic N) is 3. The molecular formula is C14H14N6O3. The van der Waals surface area contributed by atoms with Gasteiger partial charge in [0.25, 0.3) is 5.91 Å². The van der Waals surface area contributed by atoms with E-state index in [2.05, 4.69) is 30.6 Å². The predicted molar refractivity (Wildman–Crippen MR) is 79.6 cm³/mol. The number of hydrogen-bond acceptors (Lipinski definition) is 6. The standard InChI is InChI=1S/C14H14N6O3/c1-7-12(8(2)19-18-7)14(22)16-6-11-17-13(20-23-11)9-3-4-15-10(21)5-9/h3-5H,6H2,1-2H3,(H,15,21)(H,16,22)(H,18,19). The quantitative estimate of drug-likeness (QED) is 0.650. The molecule has 3 N–H and O–H groups in total. The van der Waals surface area contributed by atoms with Crippen LogP contribution in [0, 0.1) is 13.8 Å². The number of amides is 1. The molecule has 0 aromatic carbocycles. The van der Waals surface area contributed by atoms with Crippen molar-refractivity contribution in [3.8, 4) is 11.4 Å². The molecule has 0 aliphatic carbocycles. The van der Waals surface area contributed by atoms with Crippen LogP contribution in [-0.4, -0.2) is 31.2 Å². The fourth-order valence-electron chi connectivity index (χ4n) is 2.16. The lowest BCUT2D eigenvalue weighted by atomic mass is 10.2. The molecule has 9 nitrogen and oxygen atoms in total. The van der Waals surface area contributed by atoms with Crippen LogP contribution in [0.3, 0.4) is 0 Å². The van der Waals surface area contributed by atoms with Gasteiger partial charge in [-0.25, -0.2) is 0 Å². The van der Waals surface area contributed by atoms with Crippen molar-refractivity contribution in [3.05, 3.63) is 51.5 Å². The maximum absolute atomic E-state index is 12.1. The summed E-state index contributed by atoms with van der Waals surface area (Å²) in [7, 11) is 0. The number of carbonyl (C=O) groups excluding carboxylic acids is 1. The average Bonchev–Trinajstić information content (AvgIpc) is 3.12. The van der Waals surface area contributed by atoms with Crippen molar-refractivity contribution in [2.75, 3.05) is 0 Å². The number of aryl methyl sites for hydroxylation is 2. The molecule has 0 fully saturated rings. The van der Waals surface area contributed by atoms with Crippen molar-refractivity contribution in [2.24, 2.45) is 0 Å². The van der Waals surface area contributed by atoms with Gasteiger partial charge in [-0.05, 0) is 19.9 Å².